The van der Waals surface area contributed by atoms with Crippen LogP contribution in [0.15, 0.2) is 30.3 Å². The summed E-state index contributed by atoms with van der Waals surface area (Å²) in [4.78, 5) is 26.4. The van der Waals surface area contributed by atoms with Crippen LogP contribution in [0.25, 0.3) is 0 Å². The van der Waals surface area contributed by atoms with E-state index in [1.165, 1.54) is 0 Å². The first-order valence-corrected chi connectivity index (χ1v) is 8.39. The van der Waals surface area contributed by atoms with Crippen molar-refractivity contribution in [2.24, 2.45) is 11.7 Å². The molecule has 0 aromatic heterocycles. The van der Waals surface area contributed by atoms with Crippen LogP contribution in [0.3, 0.4) is 0 Å². The molecule has 1 atom stereocenters. The second-order valence-electron chi connectivity index (χ2n) is 6.86. The Bertz CT molecular complexity index is 566. The predicted molar refractivity (Wildman–Crippen MR) is 99.8 cm³/mol. The largest absolute Gasteiger partial charge is 0.484 e. The third kappa shape index (κ3) is 6.55. The number of carbonyl (C=O) groups excluding carboxylic acids is 2. The monoisotopic (exact) mass is 369 g/mol. The predicted octanol–water partition coefficient (Wildman–Crippen LogP) is 1.58. The van der Waals surface area contributed by atoms with E-state index in [0.29, 0.717) is 25.4 Å². The summed E-state index contributed by atoms with van der Waals surface area (Å²) < 4.78 is 5.51. The normalized spacial score (nSPS) is 17.4. The molecule has 6 nitrogen and oxygen atoms in total. The smallest absolute Gasteiger partial charge is 0.260 e. The highest BCUT2D eigenvalue weighted by Crippen LogP contribution is 2.18. The molecule has 25 heavy (non-hydrogen) atoms. The molecule has 1 aromatic carbocycles. The molecule has 0 radical (unpaired) electrons. The highest BCUT2D eigenvalue weighted by atomic mass is 35.5. The molecule has 0 aliphatic carbocycles. The van der Waals surface area contributed by atoms with Crippen LogP contribution in [-0.4, -0.2) is 48.5 Å². The molecule has 1 unspecified atom stereocenters. The first-order chi connectivity index (χ1) is 11.4. The van der Waals surface area contributed by atoms with Gasteiger partial charge in [0.05, 0.1) is 5.92 Å². The Morgan fingerprint density at radius 1 is 1.32 bits per heavy atom. The maximum absolute atomic E-state index is 12.4. The molecule has 2 amide bonds. The molecule has 0 spiro atoms. The number of hydrogen-bond acceptors (Lipinski definition) is 4. The lowest BCUT2D eigenvalue weighted by Gasteiger charge is -2.34. The Balaban J connectivity index is 0.00000312. The number of hydrogen-bond donors (Lipinski definition) is 2. The van der Waals surface area contributed by atoms with E-state index in [1.54, 1.807) is 4.90 Å². The first-order valence-electron chi connectivity index (χ1n) is 8.39. The van der Waals surface area contributed by atoms with Crippen LogP contribution in [0.2, 0.25) is 0 Å². The number of nitrogens with one attached hydrogen (secondary N) is 1. The molecule has 140 valence electrons. The molecule has 0 bridgehead atoms. The van der Waals surface area contributed by atoms with Crippen molar-refractivity contribution < 1.29 is 14.3 Å². The topological polar surface area (TPSA) is 84.7 Å². The van der Waals surface area contributed by atoms with Crippen molar-refractivity contribution in [3.8, 4) is 5.75 Å². The lowest BCUT2D eigenvalue weighted by atomic mass is 9.95. The first kappa shape index (κ1) is 21.3. The average Bonchev–Trinajstić information content (AvgIpc) is 2.60. The summed E-state index contributed by atoms with van der Waals surface area (Å²) in [5, 5.41) is 2.96. The van der Waals surface area contributed by atoms with Crippen molar-refractivity contribution in [1.82, 2.24) is 10.2 Å². The molecule has 2 rings (SSSR count). The number of piperidine rings is 1. The van der Waals surface area contributed by atoms with E-state index in [4.69, 9.17) is 10.5 Å². The number of para-hydroxylation sites is 1. The van der Waals surface area contributed by atoms with Gasteiger partial charge in [-0.3, -0.25) is 9.59 Å². The Kier molecular flexibility index (Phi) is 8.19. The fourth-order valence-electron chi connectivity index (χ4n) is 2.66. The fraction of sp³-hybridized carbons (Fsp3) is 0.556. The van der Waals surface area contributed by atoms with Gasteiger partial charge in [-0.25, -0.2) is 0 Å². The minimum absolute atomic E-state index is 0. The molecule has 3 N–H and O–H groups in total. The molecule has 1 saturated heterocycles. The van der Waals surface area contributed by atoms with Gasteiger partial charge in [0.15, 0.2) is 6.61 Å². The second kappa shape index (κ2) is 9.63. The number of nitrogens with two attached hydrogens (primary N) is 1. The third-order valence-electron chi connectivity index (χ3n) is 4.22. The van der Waals surface area contributed by atoms with Crippen molar-refractivity contribution in [1.29, 1.82) is 0 Å². The molecule has 7 heteroatoms. The van der Waals surface area contributed by atoms with Gasteiger partial charge in [0.2, 0.25) is 5.91 Å². The van der Waals surface area contributed by atoms with Crippen molar-refractivity contribution in [2.75, 3.05) is 26.2 Å². The van der Waals surface area contributed by atoms with E-state index in [2.05, 4.69) is 5.32 Å². The Morgan fingerprint density at radius 3 is 2.64 bits per heavy atom. The molecule has 0 saturated carbocycles. The zero-order chi connectivity index (χ0) is 17.6. The maximum Gasteiger partial charge on any atom is 0.260 e. The Morgan fingerprint density at radius 2 is 2.00 bits per heavy atom. The fourth-order valence-corrected chi connectivity index (χ4v) is 2.66. The standard InChI is InChI=1S/C18H27N3O3.ClH/c1-18(2,13-19)20-17(23)14-7-6-10-21(11-14)16(22)12-24-15-8-4-3-5-9-15;/h3-5,8-9,14H,6-7,10-13,19H2,1-2H3,(H,20,23);1H. The average molecular weight is 370 g/mol. The number of rotatable bonds is 6. The van der Waals surface area contributed by atoms with E-state index in [0.717, 1.165) is 12.8 Å². The summed E-state index contributed by atoms with van der Waals surface area (Å²) in [6.45, 7) is 5.25. The summed E-state index contributed by atoms with van der Waals surface area (Å²) in [6, 6.07) is 9.25. The minimum Gasteiger partial charge on any atom is -0.484 e. The zero-order valence-electron chi connectivity index (χ0n) is 14.9. The minimum atomic E-state index is -0.431. The van der Waals surface area contributed by atoms with Gasteiger partial charge in [0.25, 0.3) is 5.91 Å². The number of amides is 2. The van der Waals surface area contributed by atoms with E-state index in [-0.39, 0.29) is 36.7 Å². The summed E-state index contributed by atoms with van der Waals surface area (Å²) in [5.74, 6) is 0.355. The van der Waals surface area contributed by atoms with Crippen molar-refractivity contribution in [3.63, 3.8) is 0 Å². The van der Waals surface area contributed by atoms with Crippen molar-refractivity contribution in [3.05, 3.63) is 30.3 Å². The van der Waals surface area contributed by atoms with Crippen molar-refractivity contribution >= 4 is 24.2 Å². The van der Waals surface area contributed by atoms with E-state index < -0.39 is 5.54 Å². The van der Waals surface area contributed by atoms with Gasteiger partial charge in [-0.15, -0.1) is 12.4 Å². The van der Waals surface area contributed by atoms with Gasteiger partial charge in [0, 0.05) is 25.2 Å². The molecular weight excluding hydrogens is 342 g/mol. The van der Waals surface area contributed by atoms with Crippen molar-refractivity contribution in [2.45, 2.75) is 32.2 Å². The molecule has 1 heterocycles. The summed E-state index contributed by atoms with van der Waals surface area (Å²) >= 11 is 0. The van der Waals surface area contributed by atoms with Crippen LogP contribution < -0.4 is 15.8 Å². The number of benzene rings is 1. The summed E-state index contributed by atoms with van der Waals surface area (Å²) in [5.41, 5.74) is 5.23. The lowest BCUT2D eigenvalue weighted by molar-refractivity contribution is -0.137. The number of carbonyl (C=O) groups is 2. The zero-order valence-corrected chi connectivity index (χ0v) is 15.7. The van der Waals surface area contributed by atoms with Gasteiger partial charge in [-0.05, 0) is 38.8 Å². The summed E-state index contributed by atoms with van der Waals surface area (Å²) in [6.07, 6.45) is 1.61. The molecule has 1 aromatic rings. The van der Waals surface area contributed by atoms with Crippen LogP contribution in [0.1, 0.15) is 26.7 Å². The quantitative estimate of drug-likeness (QED) is 0.797. The number of ether oxygens (including phenoxy) is 1. The molecule has 1 aliphatic heterocycles. The van der Waals surface area contributed by atoms with Crippen LogP contribution in [0.4, 0.5) is 0 Å². The second-order valence-corrected chi connectivity index (χ2v) is 6.86. The highest BCUT2D eigenvalue weighted by Gasteiger charge is 2.31. The van der Waals surface area contributed by atoms with E-state index in [1.807, 2.05) is 44.2 Å². The maximum atomic E-state index is 12.4. The van der Waals surface area contributed by atoms with Crippen LogP contribution in [0, 0.1) is 5.92 Å². The third-order valence-corrected chi connectivity index (χ3v) is 4.22. The molecule has 1 aliphatic rings. The van der Waals surface area contributed by atoms with E-state index >= 15 is 0 Å². The van der Waals surface area contributed by atoms with E-state index in [9.17, 15) is 9.59 Å². The van der Waals surface area contributed by atoms with Crippen LogP contribution in [-0.2, 0) is 9.59 Å². The van der Waals surface area contributed by atoms with Crippen LogP contribution >= 0.6 is 12.4 Å². The van der Waals surface area contributed by atoms with Crippen LogP contribution in [0.5, 0.6) is 5.75 Å². The van der Waals surface area contributed by atoms with Gasteiger partial charge >= 0.3 is 0 Å². The van der Waals surface area contributed by atoms with Gasteiger partial charge in [-0.1, -0.05) is 18.2 Å². The Labute approximate surface area is 155 Å². The van der Waals surface area contributed by atoms with Gasteiger partial charge < -0.3 is 20.7 Å². The number of likely N-dealkylation sites (tertiary alicyclic amines) is 1. The lowest BCUT2D eigenvalue weighted by Crippen LogP contribution is -2.54. The number of nitrogens with zero attached hydrogens (tertiary/aromatic N) is 1. The summed E-state index contributed by atoms with van der Waals surface area (Å²) in [7, 11) is 0. The molecular formula is C18H28ClN3O3. The SMILES string of the molecule is CC(C)(CN)NC(=O)C1CCCN(C(=O)COc2ccccc2)C1.Cl. The number of halogens is 1. The van der Waals surface area contributed by atoms with Gasteiger partial charge in [-0.2, -0.15) is 0 Å². The highest BCUT2D eigenvalue weighted by molar-refractivity contribution is 5.85. The Hall–Kier alpha value is -1.79. The van der Waals surface area contributed by atoms with Gasteiger partial charge in [0.1, 0.15) is 5.75 Å². The molecule has 1 fully saturated rings.